The summed E-state index contributed by atoms with van der Waals surface area (Å²) in [5.74, 6) is -0.253. The van der Waals surface area contributed by atoms with E-state index in [0.717, 1.165) is 27.4 Å². The first kappa shape index (κ1) is 14.4. The summed E-state index contributed by atoms with van der Waals surface area (Å²) in [5, 5.41) is 4.02. The summed E-state index contributed by atoms with van der Waals surface area (Å²) in [5.41, 5.74) is 3.91. The molecule has 0 heterocycles. The van der Waals surface area contributed by atoms with Gasteiger partial charge in [-0.15, -0.1) is 0 Å². The predicted octanol–water partition coefficient (Wildman–Crippen LogP) is 5.47. The normalized spacial score (nSPS) is 10.6. The van der Waals surface area contributed by atoms with Gasteiger partial charge in [-0.25, -0.2) is 4.39 Å². The van der Waals surface area contributed by atoms with E-state index in [-0.39, 0.29) is 5.82 Å². The molecule has 4 heteroatoms. The van der Waals surface area contributed by atoms with Gasteiger partial charge in [-0.2, -0.15) is 0 Å². The van der Waals surface area contributed by atoms with Gasteiger partial charge in [-0.1, -0.05) is 23.7 Å². The number of nitrogens with one attached hydrogen (secondary N) is 1. The molecule has 0 saturated carbocycles. The van der Waals surface area contributed by atoms with Gasteiger partial charge in [0.15, 0.2) is 0 Å². The zero-order chi connectivity index (χ0) is 14.0. The molecule has 0 aliphatic carbocycles. The number of hydrogen-bond acceptors (Lipinski definition) is 1. The van der Waals surface area contributed by atoms with Gasteiger partial charge in [-0.05, 0) is 64.7 Å². The fourth-order valence-corrected chi connectivity index (χ4v) is 2.47. The molecule has 1 nitrogen and oxygen atoms in total. The van der Waals surface area contributed by atoms with E-state index in [1.165, 1.54) is 6.07 Å². The van der Waals surface area contributed by atoms with Crippen LogP contribution in [0.15, 0.2) is 34.8 Å². The second kappa shape index (κ2) is 5.93. The van der Waals surface area contributed by atoms with Crippen LogP contribution in [-0.2, 0) is 6.54 Å². The summed E-state index contributed by atoms with van der Waals surface area (Å²) in [6, 6.07) is 9.21. The summed E-state index contributed by atoms with van der Waals surface area (Å²) < 4.78 is 13.8. The van der Waals surface area contributed by atoms with Crippen LogP contribution in [0.2, 0.25) is 5.02 Å². The molecule has 0 spiro atoms. The molecule has 0 atom stereocenters. The Labute approximate surface area is 125 Å². The lowest BCUT2D eigenvalue weighted by Gasteiger charge is -2.12. The van der Waals surface area contributed by atoms with Gasteiger partial charge in [0.05, 0.1) is 4.47 Å². The molecular weight excluding hydrogens is 329 g/mol. The van der Waals surface area contributed by atoms with Crippen molar-refractivity contribution in [3.63, 3.8) is 0 Å². The molecule has 0 amide bonds. The Bertz CT molecular complexity index is 613. The number of anilines is 1. The van der Waals surface area contributed by atoms with E-state index in [1.54, 1.807) is 6.07 Å². The highest BCUT2D eigenvalue weighted by atomic mass is 79.9. The van der Waals surface area contributed by atoms with Crippen LogP contribution in [0.4, 0.5) is 10.1 Å². The Morgan fingerprint density at radius 1 is 1.21 bits per heavy atom. The molecule has 2 aromatic rings. The Morgan fingerprint density at radius 3 is 2.63 bits per heavy atom. The minimum absolute atomic E-state index is 0.253. The minimum atomic E-state index is -0.253. The molecule has 2 aromatic carbocycles. The first-order valence-corrected chi connectivity index (χ1v) is 7.09. The molecule has 0 bridgehead atoms. The lowest BCUT2D eigenvalue weighted by molar-refractivity contribution is 0.620. The summed E-state index contributed by atoms with van der Waals surface area (Å²) in [6.45, 7) is 4.48. The maximum atomic E-state index is 13.3. The molecule has 100 valence electrons. The van der Waals surface area contributed by atoms with Crippen LogP contribution >= 0.6 is 27.5 Å². The summed E-state index contributed by atoms with van der Waals surface area (Å²) in [4.78, 5) is 0. The molecule has 0 aliphatic heterocycles. The Balaban J connectivity index is 2.16. The fourth-order valence-electron chi connectivity index (χ4n) is 1.82. The van der Waals surface area contributed by atoms with Crippen molar-refractivity contribution in [3.8, 4) is 0 Å². The highest BCUT2D eigenvalue weighted by Gasteiger charge is 2.06. The van der Waals surface area contributed by atoms with Crippen molar-refractivity contribution in [2.45, 2.75) is 20.4 Å². The third-order valence-corrected chi connectivity index (χ3v) is 3.90. The number of benzene rings is 2. The lowest BCUT2D eigenvalue weighted by atomic mass is 10.1. The van der Waals surface area contributed by atoms with Crippen molar-refractivity contribution in [1.82, 2.24) is 0 Å². The first-order valence-electron chi connectivity index (χ1n) is 5.92. The summed E-state index contributed by atoms with van der Waals surface area (Å²) >= 11 is 9.37. The van der Waals surface area contributed by atoms with Gasteiger partial charge >= 0.3 is 0 Å². The van der Waals surface area contributed by atoms with E-state index >= 15 is 0 Å². The minimum Gasteiger partial charge on any atom is -0.381 e. The van der Waals surface area contributed by atoms with E-state index in [0.29, 0.717) is 11.0 Å². The third-order valence-electron chi connectivity index (χ3n) is 2.95. The highest BCUT2D eigenvalue weighted by molar-refractivity contribution is 9.10. The molecular formula is C15H14BrClFN. The zero-order valence-corrected chi connectivity index (χ0v) is 13.1. The standard InChI is InChI=1S/C15H14BrClFN/c1-9-3-4-11(13(17)5-9)8-19-15-7-12(16)14(18)6-10(15)2/h3-7,19H,8H2,1-2H3. The van der Waals surface area contributed by atoms with E-state index in [4.69, 9.17) is 11.6 Å². The second-order valence-corrected chi connectivity index (χ2v) is 5.79. The summed E-state index contributed by atoms with van der Waals surface area (Å²) in [7, 11) is 0. The average molecular weight is 343 g/mol. The van der Waals surface area contributed by atoms with Crippen molar-refractivity contribution in [3.05, 3.63) is 62.3 Å². The molecule has 0 aromatic heterocycles. The maximum Gasteiger partial charge on any atom is 0.137 e. The fraction of sp³-hybridized carbons (Fsp3) is 0.200. The van der Waals surface area contributed by atoms with Gasteiger partial charge in [0.25, 0.3) is 0 Å². The Kier molecular flexibility index (Phi) is 4.48. The molecule has 0 unspecified atom stereocenters. The Morgan fingerprint density at radius 2 is 1.95 bits per heavy atom. The van der Waals surface area contributed by atoms with E-state index in [2.05, 4.69) is 21.2 Å². The third kappa shape index (κ3) is 3.48. The SMILES string of the molecule is Cc1ccc(CNc2cc(Br)c(F)cc2C)c(Cl)c1. The van der Waals surface area contributed by atoms with Crippen LogP contribution in [0.1, 0.15) is 16.7 Å². The van der Waals surface area contributed by atoms with Crippen LogP contribution in [-0.4, -0.2) is 0 Å². The van der Waals surface area contributed by atoms with Gasteiger partial charge in [0, 0.05) is 17.3 Å². The van der Waals surface area contributed by atoms with Gasteiger partial charge in [0.2, 0.25) is 0 Å². The van der Waals surface area contributed by atoms with E-state index < -0.39 is 0 Å². The zero-order valence-electron chi connectivity index (χ0n) is 10.7. The number of hydrogen-bond donors (Lipinski definition) is 1. The number of aryl methyl sites for hydroxylation is 2. The quantitative estimate of drug-likeness (QED) is 0.780. The van der Waals surface area contributed by atoms with Crippen molar-refractivity contribution in [2.75, 3.05) is 5.32 Å². The topological polar surface area (TPSA) is 12.0 Å². The smallest absolute Gasteiger partial charge is 0.137 e. The van der Waals surface area contributed by atoms with Crippen molar-refractivity contribution in [1.29, 1.82) is 0 Å². The van der Waals surface area contributed by atoms with Crippen LogP contribution < -0.4 is 5.32 Å². The van der Waals surface area contributed by atoms with Crippen molar-refractivity contribution >= 4 is 33.2 Å². The van der Waals surface area contributed by atoms with Gasteiger partial charge in [-0.3, -0.25) is 0 Å². The highest BCUT2D eigenvalue weighted by Crippen LogP contribution is 2.25. The second-order valence-electron chi connectivity index (χ2n) is 4.53. The monoisotopic (exact) mass is 341 g/mol. The predicted molar refractivity (Wildman–Crippen MR) is 82.4 cm³/mol. The largest absolute Gasteiger partial charge is 0.381 e. The maximum absolute atomic E-state index is 13.3. The van der Waals surface area contributed by atoms with Gasteiger partial charge < -0.3 is 5.32 Å². The van der Waals surface area contributed by atoms with E-state index in [9.17, 15) is 4.39 Å². The van der Waals surface area contributed by atoms with Crippen LogP contribution in [0.3, 0.4) is 0 Å². The van der Waals surface area contributed by atoms with E-state index in [1.807, 2.05) is 32.0 Å². The number of rotatable bonds is 3. The average Bonchev–Trinajstić information content (AvgIpc) is 2.34. The molecule has 2 rings (SSSR count). The van der Waals surface area contributed by atoms with Crippen molar-refractivity contribution < 1.29 is 4.39 Å². The lowest BCUT2D eigenvalue weighted by Crippen LogP contribution is -2.02. The van der Waals surface area contributed by atoms with Crippen LogP contribution in [0.25, 0.3) is 0 Å². The molecule has 1 N–H and O–H groups in total. The van der Waals surface area contributed by atoms with Crippen LogP contribution in [0, 0.1) is 19.7 Å². The number of halogens is 3. The first-order chi connectivity index (χ1) is 8.97. The van der Waals surface area contributed by atoms with Crippen LogP contribution in [0.5, 0.6) is 0 Å². The summed E-state index contributed by atoms with van der Waals surface area (Å²) in [6.07, 6.45) is 0. The Hall–Kier alpha value is -1.06. The van der Waals surface area contributed by atoms with Crippen molar-refractivity contribution in [2.24, 2.45) is 0 Å². The molecule has 0 aliphatic rings. The molecule has 0 radical (unpaired) electrons. The molecule has 19 heavy (non-hydrogen) atoms. The van der Waals surface area contributed by atoms with Gasteiger partial charge in [0.1, 0.15) is 5.82 Å². The molecule has 0 saturated heterocycles. The molecule has 0 fully saturated rings.